The molecule has 1 rings (SSSR count). The number of benzene rings is 1. The summed E-state index contributed by atoms with van der Waals surface area (Å²) in [6.07, 6.45) is 0. The first-order valence-electron chi connectivity index (χ1n) is 8.12. The number of hydrogen-bond acceptors (Lipinski definition) is 7. The molecule has 0 fully saturated rings. The minimum atomic E-state index is -0.428. The molecule has 0 unspecified atom stereocenters. The predicted octanol–water partition coefficient (Wildman–Crippen LogP) is 1.56. The molecule has 0 aliphatic carbocycles. The Labute approximate surface area is 143 Å². The maximum absolute atomic E-state index is 11.4. The Morgan fingerprint density at radius 3 is 2.54 bits per heavy atom. The van der Waals surface area contributed by atoms with Crippen LogP contribution in [-0.2, 0) is 14.3 Å². The van der Waals surface area contributed by atoms with Gasteiger partial charge in [0, 0.05) is 32.0 Å². The van der Waals surface area contributed by atoms with Crippen LogP contribution in [0.25, 0.3) is 0 Å². The summed E-state index contributed by atoms with van der Waals surface area (Å²) < 4.78 is 21.2. The lowest BCUT2D eigenvalue weighted by Gasteiger charge is -2.20. The maximum Gasteiger partial charge on any atom is 0.344 e. The molecule has 7 nitrogen and oxygen atoms in total. The molecule has 0 saturated carbocycles. The van der Waals surface area contributed by atoms with E-state index in [9.17, 15) is 4.79 Å². The molecule has 136 valence electrons. The number of carbonyl (C=O) groups excluding carboxylic acids is 1. The lowest BCUT2D eigenvalue weighted by atomic mass is 10.3. The molecule has 0 aliphatic rings. The standard InChI is InChI=1S/C17H28N2O5/c1-4-19(8-10-21-3)9-11-23-15-7-6-14(18)12-16(15)24-13-17(20)22-5-2/h6-7,12H,4-5,8-11,13,18H2,1-3H3. The van der Waals surface area contributed by atoms with Crippen molar-refractivity contribution in [3.63, 3.8) is 0 Å². The van der Waals surface area contributed by atoms with Crippen molar-refractivity contribution in [3.8, 4) is 11.5 Å². The van der Waals surface area contributed by atoms with E-state index in [0.29, 0.717) is 37.0 Å². The SMILES string of the molecule is CCOC(=O)COc1cc(N)ccc1OCCN(CC)CCOC. The van der Waals surface area contributed by atoms with E-state index in [1.54, 1.807) is 32.2 Å². The van der Waals surface area contributed by atoms with E-state index >= 15 is 0 Å². The highest BCUT2D eigenvalue weighted by molar-refractivity contribution is 5.71. The molecule has 7 heteroatoms. The minimum absolute atomic E-state index is 0.178. The van der Waals surface area contributed by atoms with Crippen LogP contribution < -0.4 is 15.2 Å². The average Bonchev–Trinajstić information content (AvgIpc) is 2.57. The highest BCUT2D eigenvalue weighted by Crippen LogP contribution is 2.29. The zero-order chi connectivity index (χ0) is 17.8. The molecule has 0 aliphatic heterocycles. The summed E-state index contributed by atoms with van der Waals surface area (Å²) in [5.41, 5.74) is 6.31. The van der Waals surface area contributed by atoms with Crippen LogP contribution in [0.1, 0.15) is 13.8 Å². The second-order valence-electron chi connectivity index (χ2n) is 5.08. The van der Waals surface area contributed by atoms with E-state index in [2.05, 4.69) is 11.8 Å². The molecule has 0 spiro atoms. The number of likely N-dealkylation sites (N-methyl/N-ethyl adjacent to an activating group) is 1. The van der Waals surface area contributed by atoms with Crippen LogP contribution in [0, 0.1) is 0 Å². The highest BCUT2D eigenvalue weighted by atomic mass is 16.6. The van der Waals surface area contributed by atoms with Crippen molar-refractivity contribution in [2.24, 2.45) is 0 Å². The van der Waals surface area contributed by atoms with Gasteiger partial charge in [-0.25, -0.2) is 4.79 Å². The van der Waals surface area contributed by atoms with Gasteiger partial charge in [0.05, 0.1) is 13.2 Å². The van der Waals surface area contributed by atoms with Crippen molar-refractivity contribution in [1.29, 1.82) is 0 Å². The highest BCUT2D eigenvalue weighted by Gasteiger charge is 2.10. The number of nitrogens with zero attached hydrogens (tertiary/aromatic N) is 1. The molecule has 0 atom stereocenters. The van der Waals surface area contributed by atoms with E-state index in [1.165, 1.54) is 0 Å². The van der Waals surface area contributed by atoms with Crippen molar-refractivity contribution in [2.75, 3.05) is 58.9 Å². The quantitative estimate of drug-likeness (QED) is 0.456. The van der Waals surface area contributed by atoms with Crippen molar-refractivity contribution in [2.45, 2.75) is 13.8 Å². The number of nitrogen functional groups attached to an aromatic ring is 1. The van der Waals surface area contributed by atoms with Gasteiger partial charge in [0.2, 0.25) is 0 Å². The third kappa shape index (κ3) is 7.52. The Balaban J connectivity index is 2.55. The second-order valence-corrected chi connectivity index (χ2v) is 5.08. The van der Waals surface area contributed by atoms with Gasteiger partial charge in [0.25, 0.3) is 0 Å². The largest absolute Gasteiger partial charge is 0.488 e. The molecule has 0 bridgehead atoms. The van der Waals surface area contributed by atoms with Gasteiger partial charge >= 0.3 is 5.97 Å². The van der Waals surface area contributed by atoms with Crippen LogP contribution in [0.3, 0.4) is 0 Å². The molecular weight excluding hydrogens is 312 g/mol. The van der Waals surface area contributed by atoms with Crippen LogP contribution in [0.15, 0.2) is 18.2 Å². The summed E-state index contributed by atoms with van der Waals surface area (Å²) >= 11 is 0. The lowest BCUT2D eigenvalue weighted by molar-refractivity contribution is -0.145. The number of rotatable bonds is 12. The van der Waals surface area contributed by atoms with Gasteiger partial charge in [-0.05, 0) is 25.6 Å². The van der Waals surface area contributed by atoms with Gasteiger partial charge in [0.1, 0.15) is 6.61 Å². The van der Waals surface area contributed by atoms with E-state index < -0.39 is 5.97 Å². The normalized spacial score (nSPS) is 10.7. The summed E-state index contributed by atoms with van der Waals surface area (Å²) in [6.45, 7) is 7.69. The Bertz CT molecular complexity index is 496. The third-order valence-corrected chi connectivity index (χ3v) is 3.34. The first kappa shape index (κ1) is 20.1. The number of ether oxygens (including phenoxy) is 4. The second kappa shape index (κ2) is 11.5. The van der Waals surface area contributed by atoms with Crippen LogP contribution in [0.4, 0.5) is 5.69 Å². The number of nitrogens with two attached hydrogens (primary N) is 1. The van der Waals surface area contributed by atoms with Crippen molar-refractivity contribution in [3.05, 3.63) is 18.2 Å². The average molecular weight is 340 g/mol. The molecule has 0 heterocycles. The fraction of sp³-hybridized carbons (Fsp3) is 0.588. The molecular formula is C17H28N2O5. The minimum Gasteiger partial charge on any atom is -0.488 e. The molecule has 0 aromatic heterocycles. The molecule has 1 aromatic carbocycles. The maximum atomic E-state index is 11.4. The first-order chi connectivity index (χ1) is 11.6. The number of esters is 1. The summed E-state index contributed by atoms with van der Waals surface area (Å²) in [7, 11) is 1.69. The van der Waals surface area contributed by atoms with Crippen LogP contribution in [0.5, 0.6) is 11.5 Å². The van der Waals surface area contributed by atoms with Gasteiger partial charge in [-0.3, -0.25) is 4.90 Å². The molecule has 1 aromatic rings. The van der Waals surface area contributed by atoms with Crippen molar-refractivity contribution in [1.82, 2.24) is 4.90 Å². The molecule has 2 N–H and O–H groups in total. The van der Waals surface area contributed by atoms with E-state index in [1.807, 2.05) is 0 Å². The fourth-order valence-corrected chi connectivity index (χ4v) is 2.03. The van der Waals surface area contributed by atoms with Gasteiger partial charge < -0.3 is 24.7 Å². The molecule has 0 radical (unpaired) electrons. The summed E-state index contributed by atoms with van der Waals surface area (Å²) in [5, 5.41) is 0. The Morgan fingerprint density at radius 1 is 1.12 bits per heavy atom. The number of hydrogen-bond donors (Lipinski definition) is 1. The molecule has 0 saturated heterocycles. The van der Waals surface area contributed by atoms with E-state index in [-0.39, 0.29) is 6.61 Å². The van der Waals surface area contributed by atoms with Crippen molar-refractivity contribution >= 4 is 11.7 Å². The monoisotopic (exact) mass is 340 g/mol. The zero-order valence-corrected chi connectivity index (χ0v) is 14.7. The number of methoxy groups -OCH3 is 1. The molecule has 0 amide bonds. The third-order valence-electron chi connectivity index (χ3n) is 3.34. The lowest BCUT2D eigenvalue weighted by Crippen LogP contribution is -2.31. The van der Waals surface area contributed by atoms with Gasteiger partial charge in [-0.1, -0.05) is 6.92 Å². The van der Waals surface area contributed by atoms with Crippen LogP contribution in [0.2, 0.25) is 0 Å². The van der Waals surface area contributed by atoms with Crippen molar-refractivity contribution < 1.29 is 23.7 Å². The Kier molecular flexibility index (Phi) is 9.64. The van der Waals surface area contributed by atoms with Gasteiger partial charge in [-0.2, -0.15) is 0 Å². The zero-order valence-electron chi connectivity index (χ0n) is 14.7. The van der Waals surface area contributed by atoms with Gasteiger partial charge in [-0.15, -0.1) is 0 Å². The first-order valence-corrected chi connectivity index (χ1v) is 8.12. The topological polar surface area (TPSA) is 83.2 Å². The Morgan fingerprint density at radius 2 is 1.88 bits per heavy atom. The van der Waals surface area contributed by atoms with Crippen LogP contribution >= 0.6 is 0 Å². The fourth-order valence-electron chi connectivity index (χ4n) is 2.03. The summed E-state index contributed by atoms with van der Waals surface area (Å²) in [5.74, 6) is 0.557. The number of carbonyl (C=O) groups is 1. The Hall–Kier alpha value is -1.99. The van der Waals surface area contributed by atoms with Gasteiger partial charge in [0.15, 0.2) is 18.1 Å². The van der Waals surface area contributed by atoms with Crippen LogP contribution in [-0.4, -0.2) is 64.0 Å². The smallest absolute Gasteiger partial charge is 0.344 e. The molecule has 24 heavy (non-hydrogen) atoms. The van der Waals surface area contributed by atoms with E-state index in [0.717, 1.165) is 19.6 Å². The van der Waals surface area contributed by atoms with E-state index in [4.69, 9.17) is 24.7 Å². The summed E-state index contributed by atoms with van der Waals surface area (Å²) in [4.78, 5) is 13.6. The number of anilines is 1. The predicted molar refractivity (Wildman–Crippen MR) is 92.5 cm³/mol. The summed E-state index contributed by atoms with van der Waals surface area (Å²) in [6, 6.07) is 5.10.